The molecule has 0 amide bonds. The van der Waals surface area contributed by atoms with E-state index in [9.17, 15) is 0 Å². The number of anilines is 1. The average molecular weight is 411 g/mol. The van der Waals surface area contributed by atoms with Gasteiger partial charge < -0.3 is 4.90 Å². The first kappa shape index (κ1) is 18.9. The van der Waals surface area contributed by atoms with E-state index in [1.165, 1.54) is 48.9 Å². The van der Waals surface area contributed by atoms with Crippen LogP contribution < -0.4 is 9.47 Å². The summed E-state index contributed by atoms with van der Waals surface area (Å²) in [6.07, 6.45) is 6.06. The maximum Gasteiger partial charge on any atom is 0.179 e. The zero-order valence-electron chi connectivity index (χ0n) is 17.5. The summed E-state index contributed by atoms with van der Waals surface area (Å²) in [6, 6.07) is 21.7. The van der Waals surface area contributed by atoms with Gasteiger partial charge in [0.15, 0.2) is 17.9 Å². The van der Waals surface area contributed by atoms with E-state index >= 15 is 0 Å². The Morgan fingerprint density at radius 3 is 2.57 bits per heavy atom. The van der Waals surface area contributed by atoms with Crippen LogP contribution in [0.5, 0.6) is 0 Å². The van der Waals surface area contributed by atoms with Crippen molar-refractivity contribution in [3.63, 3.8) is 0 Å². The van der Waals surface area contributed by atoms with Crippen LogP contribution in [0.1, 0.15) is 22.5 Å². The van der Waals surface area contributed by atoms with Gasteiger partial charge >= 0.3 is 0 Å². The number of thioether (sulfide) groups is 1. The molecule has 0 bridgehead atoms. The molecular formula is C26H24N3S+. The largest absolute Gasteiger partial charge is 0.338 e. The van der Waals surface area contributed by atoms with Crippen LogP contribution in [-0.2, 0) is 6.54 Å². The first-order chi connectivity index (χ1) is 14.6. The monoisotopic (exact) mass is 410 g/mol. The molecule has 0 fully saturated rings. The number of aryl methyl sites for hydroxylation is 2. The number of benzene rings is 2. The first-order valence-corrected chi connectivity index (χ1v) is 11.0. The molecule has 0 saturated carbocycles. The van der Waals surface area contributed by atoms with Crippen molar-refractivity contribution in [2.75, 3.05) is 11.9 Å². The van der Waals surface area contributed by atoms with Crippen LogP contribution >= 0.6 is 11.8 Å². The number of hydrogen-bond acceptors (Lipinski definition) is 3. The van der Waals surface area contributed by atoms with E-state index < -0.39 is 0 Å². The summed E-state index contributed by atoms with van der Waals surface area (Å²) in [7, 11) is 2.17. The van der Waals surface area contributed by atoms with Gasteiger partial charge in [-0.3, -0.25) is 4.98 Å². The van der Waals surface area contributed by atoms with Gasteiger partial charge in [0.1, 0.15) is 0 Å². The third-order valence-corrected chi connectivity index (χ3v) is 6.85. The number of aromatic nitrogens is 2. The minimum absolute atomic E-state index is 0.842. The second kappa shape index (κ2) is 7.62. The van der Waals surface area contributed by atoms with E-state index in [1.54, 1.807) is 0 Å². The molecule has 148 valence electrons. The summed E-state index contributed by atoms with van der Waals surface area (Å²) in [4.78, 5) is 7.89. The van der Waals surface area contributed by atoms with Crippen molar-refractivity contribution in [1.82, 2.24) is 4.98 Å². The Balaban J connectivity index is 1.48. The molecule has 2 aromatic heterocycles. The number of fused-ring (bicyclic) bond motifs is 3. The van der Waals surface area contributed by atoms with Gasteiger partial charge in [0, 0.05) is 61.3 Å². The lowest BCUT2D eigenvalue weighted by Crippen LogP contribution is -2.40. The van der Waals surface area contributed by atoms with Crippen LogP contribution in [0.15, 0.2) is 83.0 Å². The van der Waals surface area contributed by atoms with Gasteiger partial charge in [0.25, 0.3) is 0 Å². The highest BCUT2D eigenvalue weighted by atomic mass is 32.2. The smallest absolute Gasteiger partial charge is 0.179 e. The van der Waals surface area contributed by atoms with Gasteiger partial charge in [-0.05, 0) is 35.2 Å². The van der Waals surface area contributed by atoms with E-state index in [-0.39, 0.29) is 0 Å². The molecule has 2 aromatic carbocycles. The topological polar surface area (TPSA) is 20.0 Å². The van der Waals surface area contributed by atoms with Crippen LogP contribution in [-0.4, -0.2) is 12.0 Å². The maximum absolute atomic E-state index is 4.24. The van der Waals surface area contributed by atoms with Crippen molar-refractivity contribution in [3.05, 3.63) is 101 Å². The Labute approximate surface area is 181 Å². The Kier molecular flexibility index (Phi) is 4.80. The third-order valence-electron chi connectivity index (χ3n) is 5.70. The molecule has 0 N–H and O–H groups in total. The van der Waals surface area contributed by atoms with E-state index in [4.69, 9.17) is 0 Å². The highest BCUT2D eigenvalue weighted by molar-refractivity contribution is 8.04. The van der Waals surface area contributed by atoms with E-state index in [2.05, 4.69) is 96.0 Å². The molecule has 0 saturated heterocycles. The van der Waals surface area contributed by atoms with Crippen LogP contribution in [0.25, 0.3) is 16.8 Å². The van der Waals surface area contributed by atoms with Gasteiger partial charge in [-0.15, -0.1) is 0 Å². The fraction of sp³-hybridized carbons (Fsp3) is 0.154. The quantitative estimate of drug-likeness (QED) is 0.402. The zero-order valence-corrected chi connectivity index (χ0v) is 18.3. The van der Waals surface area contributed by atoms with Crippen LogP contribution in [0.3, 0.4) is 0 Å². The van der Waals surface area contributed by atoms with Gasteiger partial charge in [-0.2, -0.15) is 4.57 Å². The van der Waals surface area contributed by atoms with Gasteiger partial charge in [0.05, 0.1) is 10.7 Å². The van der Waals surface area contributed by atoms with Crippen molar-refractivity contribution >= 4 is 34.3 Å². The molecule has 0 aliphatic carbocycles. The predicted octanol–water partition coefficient (Wildman–Crippen LogP) is 5.73. The molecule has 5 rings (SSSR count). The van der Waals surface area contributed by atoms with Gasteiger partial charge in [-0.25, -0.2) is 0 Å². The average Bonchev–Trinajstić information content (AvgIpc) is 3.07. The Hall–Kier alpha value is -3.11. The summed E-state index contributed by atoms with van der Waals surface area (Å²) in [5.74, 6) is 0. The molecule has 0 radical (unpaired) electrons. The fourth-order valence-corrected chi connectivity index (χ4v) is 5.32. The molecule has 4 aromatic rings. The number of nitrogens with zero attached hydrogens (tertiary/aromatic N) is 3. The standard InChI is InChI=1S/C26H24N3S/c1-18-13-21(14-19(2)29(18)17-20-7-6-12-27-16-20)15-25-28(3)26-23-9-5-4-8-22(23)10-11-24(26)30-25/h4-16H,17H2,1-3H3/q+1. The minimum Gasteiger partial charge on any atom is -0.338 e. The molecule has 3 heterocycles. The number of hydrogen-bond donors (Lipinski definition) is 0. The lowest BCUT2D eigenvalue weighted by molar-refractivity contribution is -0.700. The summed E-state index contributed by atoms with van der Waals surface area (Å²) in [5.41, 5.74) is 6.26. The van der Waals surface area contributed by atoms with Crippen molar-refractivity contribution in [1.29, 1.82) is 0 Å². The molecule has 4 heteroatoms. The number of rotatable bonds is 3. The molecule has 0 unspecified atom stereocenters. The minimum atomic E-state index is 0.842. The Morgan fingerprint density at radius 1 is 1.00 bits per heavy atom. The molecule has 1 aliphatic heterocycles. The lowest BCUT2D eigenvalue weighted by Gasteiger charge is -2.16. The second-order valence-electron chi connectivity index (χ2n) is 7.80. The SMILES string of the molecule is Cc1cc(C=C2Sc3ccc4ccccc4c3N2C)cc(C)[n+]1Cc1cccnc1. The fourth-order valence-electron chi connectivity index (χ4n) is 4.19. The summed E-state index contributed by atoms with van der Waals surface area (Å²) < 4.78 is 2.34. The second-order valence-corrected chi connectivity index (χ2v) is 8.86. The Bertz CT molecular complexity index is 1260. The molecular weight excluding hydrogens is 386 g/mol. The zero-order chi connectivity index (χ0) is 20.7. The molecule has 3 nitrogen and oxygen atoms in total. The van der Waals surface area contributed by atoms with E-state index in [0.717, 1.165) is 6.54 Å². The normalized spacial score (nSPS) is 14.5. The molecule has 1 aliphatic rings. The van der Waals surface area contributed by atoms with Crippen molar-refractivity contribution < 1.29 is 4.57 Å². The first-order valence-electron chi connectivity index (χ1n) is 10.2. The van der Waals surface area contributed by atoms with Gasteiger partial charge in [-0.1, -0.05) is 42.1 Å². The van der Waals surface area contributed by atoms with Crippen molar-refractivity contribution in [3.8, 4) is 0 Å². The highest BCUT2D eigenvalue weighted by Crippen LogP contribution is 2.49. The summed E-state index contributed by atoms with van der Waals surface area (Å²) >= 11 is 1.84. The van der Waals surface area contributed by atoms with E-state index in [0.29, 0.717) is 0 Å². The van der Waals surface area contributed by atoms with Crippen molar-refractivity contribution in [2.24, 2.45) is 0 Å². The summed E-state index contributed by atoms with van der Waals surface area (Å²) in [6.45, 7) is 5.20. The number of pyridine rings is 2. The highest BCUT2D eigenvalue weighted by Gasteiger charge is 2.24. The van der Waals surface area contributed by atoms with E-state index in [1.807, 2.05) is 30.2 Å². The third kappa shape index (κ3) is 3.37. The van der Waals surface area contributed by atoms with Crippen LogP contribution in [0.4, 0.5) is 5.69 Å². The maximum atomic E-state index is 4.24. The Morgan fingerprint density at radius 2 is 1.80 bits per heavy atom. The molecule has 0 atom stereocenters. The van der Waals surface area contributed by atoms with Gasteiger partial charge in [0.2, 0.25) is 0 Å². The molecule has 0 spiro atoms. The molecule has 30 heavy (non-hydrogen) atoms. The predicted molar refractivity (Wildman–Crippen MR) is 126 cm³/mol. The van der Waals surface area contributed by atoms with Crippen molar-refractivity contribution in [2.45, 2.75) is 25.3 Å². The summed E-state index contributed by atoms with van der Waals surface area (Å²) in [5, 5.41) is 3.85. The van der Waals surface area contributed by atoms with Crippen LogP contribution in [0, 0.1) is 13.8 Å². The van der Waals surface area contributed by atoms with Crippen LogP contribution in [0.2, 0.25) is 0 Å². The lowest BCUT2D eigenvalue weighted by atomic mass is 10.1.